The number of pyridine rings is 1. The molecule has 2 aliphatic rings. The van der Waals surface area contributed by atoms with Crippen LogP contribution in [0.2, 0.25) is 0 Å². The Hall–Kier alpha value is -3.43. The van der Waals surface area contributed by atoms with Gasteiger partial charge in [0.25, 0.3) is 5.56 Å². The van der Waals surface area contributed by atoms with Crippen LogP contribution in [0.4, 0.5) is 13.2 Å². The van der Waals surface area contributed by atoms with Crippen LogP contribution in [0.1, 0.15) is 18.4 Å². The van der Waals surface area contributed by atoms with E-state index in [1.807, 2.05) is 0 Å². The Balaban J connectivity index is 1.24. The van der Waals surface area contributed by atoms with Gasteiger partial charge in [-0.1, -0.05) is 6.07 Å². The molecule has 1 N–H and O–H groups in total. The molecule has 3 heterocycles. The zero-order chi connectivity index (χ0) is 20.2. The van der Waals surface area contributed by atoms with E-state index in [9.17, 15) is 13.6 Å². The van der Waals surface area contributed by atoms with Crippen molar-refractivity contribution in [1.29, 1.82) is 0 Å². The van der Waals surface area contributed by atoms with Crippen molar-refractivity contribution >= 4 is 0 Å². The number of aromatic amines is 1. The molecule has 1 fully saturated rings. The van der Waals surface area contributed by atoms with Gasteiger partial charge in [0.15, 0.2) is 17.3 Å². The molecule has 1 saturated carbocycles. The van der Waals surface area contributed by atoms with Crippen molar-refractivity contribution in [2.75, 3.05) is 0 Å². The van der Waals surface area contributed by atoms with Crippen molar-refractivity contribution in [3.05, 3.63) is 58.5 Å². The van der Waals surface area contributed by atoms with Crippen LogP contribution in [-0.4, -0.2) is 22.5 Å². The topological polar surface area (TPSA) is 86.6 Å². The molecule has 7 nitrogen and oxygen atoms in total. The lowest BCUT2D eigenvalue weighted by molar-refractivity contribution is -0.286. The molecule has 1 aromatic carbocycles. The fourth-order valence-electron chi connectivity index (χ4n) is 3.40. The van der Waals surface area contributed by atoms with Gasteiger partial charge in [0.2, 0.25) is 5.88 Å². The normalized spacial score (nSPS) is 24.2. The molecule has 1 aliphatic heterocycles. The van der Waals surface area contributed by atoms with Crippen molar-refractivity contribution < 1.29 is 31.9 Å². The van der Waals surface area contributed by atoms with E-state index in [1.54, 1.807) is 12.1 Å². The zero-order valence-electron chi connectivity index (χ0n) is 14.7. The summed E-state index contributed by atoms with van der Waals surface area (Å²) >= 11 is 0. The van der Waals surface area contributed by atoms with E-state index in [-0.39, 0.29) is 35.5 Å². The standard InChI is InChI=1S/C19H13F3N2O5/c20-18(11-2-3-13-15(5-11)28-19(21,22)27-13)7-12(8-18)26-17-4-1-10(9-23-17)14-6-16(25)24-29-14/h1-6,9,12H,7-8H2,(H,24,25). The summed E-state index contributed by atoms with van der Waals surface area (Å²) in [4.78, 5) is 15.2. The highest BCUT2D eigenvalue weighted by Gasteiger charge is 2.50. The lowest BCUT2D eigenvalue weighted by Crippen LogP contribution is -2.44. The minimum atomic E-state index is -3.74. The average Bonchev–Trinajstić information content (AvgIpc) is 3.21. The first-order valence-electron chi connectivity index (χ1n) is 8.71. The molecule has 3 aromatic rings. The highest BCUT2D eigenvalue weighted by molar-refractivity contribution is 5.55. The van der Waals surface area contributed by atoms with Crippen LogP contribution in [0.15, 0.2) is 51.9 Å². The minimum Gasteiger partial charge on any atom is -0.474 e. The van der Waals surface area contributed by atoms with Crippen molar-refractivity contribution in [1.82, 2.24) is 10.1 Å². The molecule has 5 rings (SSSR count). The molecular formula is C19H13F3N2O5. The highest BCUT2D eigenvalue weighted by Crippen LogP contribution is 2.50. The number of H-pyrrole nitrogens is 1. The number of benzene rings is 1. The molecule has 0 unspecified atom stereocenters. The van der Waals surface area contributed by atoms with Gasteiger partial charge >= 0.3 is 6.29 Å². The van der Waals surface area contributed by atoms with E-state index < -0.39 is 18.1 Å². The Labute approximate surface area is 161 Å². The molecule has 0 spiro atoms. The van der Waals surface area contributed by atoms with Crippen molar-refractivity contribution in [2.24, 2.45) is 0 Å². The maximum Gasteiger partial charge on any atom is 0.586 e. The van der Waals surface area contributed by atoms with Crippen LogP contribution < -0.4 is 19.8 Å². The number of fused-ring (bicyclic) bond motifs is 1. The number of halogens is 3. The Kier molecular flexibility index (Phi) is 3.67. The number of aromatic nitrogens is 2. The second-order valence-corrected chi connectivity index (χ2v) is 6.90. The molecule has 0 bridgehead atoms. The van der Waals surface area contributed by atoms with Gasteiger partial charge in [0.05, 0.1) is 6.07 Å². The van der Waals surface area contributed by atoms with Crippen LogP contribution in [0, 0.1) is 0 Å². The minimum absolute atomic E-state index is 0.0408. The second-order valence-electron chi connectivity index (χ2n) is 6.90. The number of nitrogens with one attached hydrogen (secondary N) is 1. The number of nitrogens with zero attached hydrogens (tertiary/aromatic N) is 1. The number of ether oxygens (including phenoxy) is 3. The monoisotopic (exact) mass is 406 g/mol. The van der Waals surface area contributed by atoms with Gasteiger partial charge in [-0.15, -0.1) is 8.78 Å². The van der Waals surface area contributed by atoms with Gasteiger partial charge < -0.3 is 18.7 Å². The largest absolute Gasteiger partial charge is 0.586 e. The van der Waals surface area contributed by atoms with Crippen molar-refractivity contribution in [2.45, 2.75) is 30.9 Å². The smallest absolute Gasteiger partial charge is 0.474 e. The Bertz CT molecular complexity index is 1120. The number of hydrogen-bond donors (Lipinski definition) is 1. The maximum absolute atomic E-state index is 15.1. The first-order chi connectivity index (χ1) is 13.8. The SMILES string of the molecule is O=c1cc(-c2ccc(OC3CC(F)(c4ccc5c(c4)OC(F)(F)O5)C3)nc2)o[nH]1. The first-order valence-corrected chi connectivity index (χ1v) is 8.71. The Morgan fingerprint density at radius 2 is 1.86 bits per heavy atom. The lowest BCUT2D eigenvalue weighted by Gasteiger charge is -2.41. The number of alkyl halides is 3. The quantitative estimate of drug-likeness (QED) is 0.710. The first kappa shape index (κ1) is 17.7. The second kappa shape index (κ2) is 6.03. The number of hydrogen-bond acceptors (Lipinski definition) is 6. The zero-order valence-corrected chi connectivity index (χ0v) is 14.7. The lowest BCUT2D eigenvalue weighted by atomic mass is 9.74. The summed E-state index contributed by atoms with van der Waals surface area (Å²) in [6.45, 7) is 0. The third-order valence-corrected chi connectivity index (χ3v) is 4.85. The van der Waals surface area contributed by atoms with Crippen LogP contribution in [-0.2, 0) is 5.67 Å². The van der Waals surface area contributed by atoms with Crippen LogP contribution >= 0.6 is 0 Å². The average molecular weight is 406 g/mol. The summed E-state index contributed by atoms with van der Waals surface area (Å²) in [6.07, 6.45) is -2.61. The summed E-state index contributed by atoms with van der Waals surface area (Å²) in [6, 6.07) is 8.43. The summed E-state index contributed by atoms with van der Waals surface area (Å²) in [5, 5.41) is 2.19. The maximum atomic E-state index is 15.1. The molecule has 0 radical (unpaired) electrons. The van der Waals surface area contributed by atoms with Crippen LogP contribution in [0.3, 0.4) is 0 Å². The molecule has 150 valence electrons. The third kappa shape index (κ3) is 3.20. The predicted octanol–water partition coefficient (Wildman–Crippen LogP) is 3.76. The van der Waals surface area contributed by atoms with Crippen LogP contribution in [0.25, 0.3) is 11.3 Å². The fourth-order valence-corrected chi connectivity index (χ4v) is 3.40. The van der Waals surface area contributed by atoms with E-state index in [0.29, 0.717) is 17.2 Å². The molecular weight excluding hydrogens is 393 g/mol. The van der Waals surface area contributed by atoms with Gasteiger partial charge in [0.1, 0.15) is 11.8 Å². The van der Waals surface area contributed by atoms with E-state index >= 15 is 4.39 Å². The van der Waals surface area contributed by atoms with Gasteiger partial charge in [-0.25, -0.2) is 9.37 Å². The van der Waals surface area contributed by atoms with E-state index in [2.05, 4.69) is 19.6 Å². The summed E-state index contributed by atoms with van der Waals surface area (Å²) < 4.78 is 60.7. The predicted molar refractivity (Wildman–Crippen MR) is 91.6 cm³/mol. The molecule has 0 saturated heterocycles. The molecule has 29 heavy (non-hydrogen) atoms. The van der Waals surface area contributed by atoms with Gasteiger partial charge in [0, 0.05) is 30.7 Å². The molecule has 2 aromatic heterocycles. The van der Waals surface area contributed by atoms with Crippen molar-refractivity contribution in [3.8, 4) is 28.7 Å². The molecule has 10 heteroatoms. The summed E-state index contributed by atoms with van der Waals surface area (Å²) in [5.41, 5.74) is -1.26. The third-order valence-electron chi connectivity index (χ3n) is 4.85. The van der Waals surface area contributed by atoms with Gasteiger partial charge in [-0.05, 0) is 23.8 Å². The van der Waals surface area contributed by atoms with Gasteiger partial charge in [-0.3, -0.25) is 4.79 Å². The van der Waals surface area contributed by atoms with E-state index in [1.165, 1.54) is 30.5 Å². The highest BCUT2D eigenvalue weighted by atomic mass is 19.3. The number of rotatable bonds is 4. The molecule has 1 aliphatic carbocycles. The molecule has 0 atom stereocenters. The Morgan fingerprint density at radius 1 is 1.07 bits per heavy atom. The summed E-state index contributed by atoms with van der Waals surface area (Å²) in [7, 11) is 0. The Morgan fingerprint density at radius 3 is 2.55 bits per heavy atom. The van der Waals surface area contributed by atoms with E-state index in [0.717, 1.165) is 0 Å². The fraction of sp³-hybridized carbons (Fsp3) is 0.263. The van der Waals surface area contributed by atoms with Crippen molar-refractivity contribution in [3.63, 3.8) is 0 Å². The van der Waals surface area contributed by atoms with E-state index in [4.69, 9.17) is 9.26 Å². The molecule has 0 amide bonds. The van der Waals surface area contributed by atoms with Crippen LogP contribution in [0.5, 0.6) is 17.4 Å². The van der Waals surface area contributed by atoms with Gasteiger partial charge in [-0.2, -0.15) is 5.16 Å². The summed E-state index contributed by atoms with van der Waals surface area (Å²) in [5.74, 6) is 0.317.